The topological polar surface area (TPSA) is 38.6 Å². The van der Waals surface area contributed by atoms with E-state index >= 15 is 0 Å². The Bertz CT molecular complexity index is 1200. The Balaban J connectivity index is 1.83. The van der Waals surface area contributed by atoms with Crippen molar-refractivity contribution in [1.29, 1.82) is 0 Å². The van der Waals surface area contributed by atoms with Gasteiger partial charge in [0, 0.05) is 17.8 Å². The summed E-state index contributed by atoms with van der Waals surface area (Å²) in [5.74, 6) is 4.58. The number of rotatable bonds is 5. The molecule has 140 valence electrons. The number of fused-ring (bicyclic) bond motifs is 1. The fourth-order valence-electron chi connectivity index (χ4n) is 3.43. The molecule has 0 unspecified atom stereocenters. The molecule has 4 aromatic rings. The molecule has 0 atom stereocenters. The van der Waals surface area contributed by atoms with Gasteiger partial charge in [-0.3, -0.25) is 4.40 Å². The van der Waals surface area contributed by atoms with Crippen LogP contribution < -0.4 is 10.1 Å². The van der Waals surface area contributed by atoms with Gasteiger partial charge in [0.1, 0.15) is 22.9 Å². The monoisotopic (exact) mass is 387 g/mol. The lowest BCUT2D eigenvalue weighted by molar-refractivity contribution is 0.414. The second-order valence-electron chi connectivity index (χ2n) is 6.69. The number of ether oxygens (including phenoxy) is 1. The summed E-state index contributed by atoms with van der Waals surface area (Å²) in [5.41, 5.74) is 6.11. The molecule has 5 heteroatoms. The van der Waals surface area contributed by atoms with Crippen LogP contribution in [0.25, 0.3) is 16.2 Å². The van der Waals surface area contributed by atoms with Gasteiger partial charge in [0.15, 0.2) is 0 Å². The minimum Gasteiger partial charge on any atom is -0.497 e. The van der Waals surface area contributed by atoms with Crippen LogP contribution in [0.3, 0.4) is 0 Å². The molecule has 0 fully saturated rings. The third-order valence-electron chi connectivity index (χ3n) is 4.68. The molecular weight excluding hydrogens is 366 g/mol. The molecule has 0 saturated heterocycles. The van der Waals surface area contributed by atoms with Crippen LogP contribution in [0.15, 0.2) is 47.8 Å². The summed E-state index contributed by atoms with van der Waals surface area (Å²) < 4.78 is 7.50. The van der Waals surface area contributed by atoms with Crippen molar-refractivity contribution < 1.29 is 4.74 Å². The van der Waals surface area contributed by atoms with Crippen molar-refractivity contribution in [2.75, 3.05) is 12.4 Å². The van der Waals surface area contributed by atoms with E-state index in [1.807, 2.05) is 29.6 Å². The van der Waals surface area contributed by atoms with Gasteiger partial charge < -0.3 is 10.1 Å². The van der Waals surface area contributed by atoms with Crippen molar-refractivity contribution in [3.63, 3.8) is 0 Å². The lowest BCUT2D eigenvalue weighted by atomic mass is 10.2. The lowest BCUT2D eigenvalue weighted by Gasteiger charge is -2.11. The van der Waals surface area contributed by atoms with Crippen LogP contribution in [0, 0.1) is 26.2 Å². The van der Waals surface area contributed by atoms with Gasteiger partial charge in [0.05, 0.1) is 12.0 Å². The van der Waals surface area contributed by atoms with Crippen LogP contribution in [0.5, 0.6) is 5.75 Å². The molecule has 0 amide bonds. The van der Waals surface area contributed by atoms with E-state index in [4.69, 9.17) is 16.1 Å². The third-order valence-corrected chi connectivity index (χ3v) is 5.60. The molecule has 0 spiro atoms. The molecule has 0 radical (unpaired) electrons. The van der Waals surface area contributed by atoms with E-state index in [9.17, 15) is 0 Å². The molecule has 0 aliphatic carbocycles. The number of nitrogens with one attached hydrogen (secondary N) is 1. The van der Waals surface area contributed by atoms with Gasteiger partial charge in [0.2, 0.25) is 0 Å². The Hall–Kier alpha value is -3.23. The highest BCUT2D eigenvalue weighted by Gasteiger charge is 2.19. The Morgan fingerprint density at radius 3 is 2.86 bits per heavy atom. The maximum atomic E-state index is 5.72. The molecule has 0 saturated carbocycles. The quantitative estimate of drug-likeness (QED) is 0.473. The minimum atomic E-state index is 0.655. The second-order valence-corrected chi connectivity index (χ2v) is 7.61. The van der Waals surface area contributed by atoms with E-state index in [0.29, 0.717) is 6.54 Å². The fourth-order valence-corrected chi connectivity index (χ4v) is 4.27. The summed E-state index contributed by atoms with van der Waals surface area (Å²) >= 11 is 1.62. The minimum absolute atomic E-state index is 0.655. The van der Waals surface area contributed by atoms with E-state index in [0.717, 1.165) is 44.6 Å². The first-order valence-corrected chi connectivity index (χ1v) is 9.89. The molecule has 4 nitrogen and oxygen atoms in total. The zero-order valence-corrected chi connectivity index (χ0v) is 16.9. The zero-order chi connectivity index (χ0) is 19.7. The molecule has 28 heavy (non-hydrogen) atoms. The molecule has 4 rings (SSSR count). The molecule has 1 N–H and O–H groups in total. The Morgan fingerprint density at radius 2 is 2.07 bits per heavy atom. The molecule has 1 aromatic carbocycles. The van der Waals surface area contributed by atoms with E-state index in [-0.39, 0.29) is 0 Å². The van der Waals surface area contributed by atoms with Gasteiger partial charge in [0.25, 0.3) is 0 Å². The number of imidazole rings is 1. The van der Waals surface area contributed by atoms with Crippen LogP contribution in [-0.2, 0) is 6.54 Å². The molecule has 3 aromatic heterocycles. The fraction of sp³-hybridized carbons (Fsp3) is 0.174. The number of aromatic nitrogens is 2. The first-order chi connectivity index (χ1) is 13.6. The average molecular weight is 388 g/mol. The van der Waals surface area contributed by atoms with E-state index < -0.39 is 0 Å². The molecular formula is C23H21N3OS. The van der Waals surface area contributed by atoms with E-state index in [1.165, 1.54) is 5.56 Å². The lowest BCUT2D eigenvalue weighted by Crippen LogP contribution is -2.05. The summed E-state index contributed by atoms with van der Waals surface area (Å²) in [6.07, 6.45) is 5.72. The van der Waals surface area contributed by atoms with Crippen LogP contribution in [-0.4, -0.2) is 16.5 Å². The predicted octanol–water partition coefficient (Wildman–Crippen LogP) is 5.28. The largest absolute Gasteiger partial charge is 0.497 e. The highest BCUT2D eigenvalue weighted by atomic mass is 32.1. The van der Waals surface area contributed by atoms with Crippen molar-refractivity contribution in [3.05, 3.63) is 70.2 Å². The number of methoxy groups -OCH3 is 1. The zero-order valence-electron chi connectivity index (χ0n) is 16.1. The van der Waals surface area contributed by atoms with Crippen molar-refractivity contribution in [3.8, 4) is 28.7 Å². The smallest absolute Gasteiger partial charge is 0.140 e. The first-order valence-electron chi connectivity index (χ1n) is 9.01. The van der Waals surface area contributed by atoms with Gasteiger partial charge in [-0.25, -0.2) is 4.98 Å². The number of nitrogens with zero attached hydrogens (tertiary/aromatic N) is 2. The highest BCUT2D eigenvalue weighted by molar-refractivity contribution is 7.13. The summed E-state index contributed by atoms with van der Waals surface area (Å²) in [6.45, 7) is 4.84. The maximum Gasteiger partial charge on any atom is 0.140 e. The molecule has 0 aliphatic heterocycles. The van der Waals surface area contributed by atoms with E-state index in [1.54, 1.807) is 18.4 Å². The number of anilines is 1. The first kappa shape index (κ1) is 18.1. The number of hydrogen-bond acceptors (Lipinski definition) is 4. The van der Waals surface area contributed by atoms with E-state index in [2.05, 4.69) is 47.7 Å². The number of benzene rings is 1. The summed E-state index contributed by atoms with van der Waals surface area (Å²) in [7, 11) is 1.68. The molecule has 0 bridgehead atoms. The van der Waals surface area contributed by atoms with Crippen LogP contribution in [0.4, 0.5) is 5.82 Å². The standard InChI is InChI=1S/C23H21N3OS/c1-5-18-9-10-28-22(18)21-23(24-14-17-7-6-8-19(13-17)27-4)26-16(3)11-15(2)12-20(26)25-21/h1,6-13,24H,14H2,2-4H3. The van der Waals surface area contributed by atoms with Gasteiger partial charge >= 0.3 is 0 Å². The van der Waals surface area contributed by atoms with Crippen LogP contribution in [0.2, 0.25) is 0 Å². The van der Waals surface area contributed by atoms with Crippen molar-refractivity contribution in [1.82, 2.24) is 9.38 Å². The Morgan fingerprint density at radius 1 is 1.21 bits per heavy atom. The number of thiophene rings is 1. The van der Waals surface area contributed by atoms with Crippen molar-refractivity contribution in [2.24, 2.45) is 0 Å². The van der Waals surface area contributed by atoms with Gasteiger partial charge in [-0.15, -0.1) is 17.8 Å². The number of aryl methyl sites for hydroxylation is 2. The van der Waals surface area contributed by atoms with Crippen molar-refractivity contribution in [2.45, 2.75) is 20.4 Å². The van der Waals surface area contributed by atoms with Gasteiger partial charge in [-0.1, -0.05) is 18.1 Å². The molecule has 3 heterocycles. The van der Waals surface area contributed by atoms with Crippen molar-refractivity contribution >= 4 is 22.8 Å². The summed E-state index contributed by atoms with van der Waals surface area (Å²) in [6, 6.07) is 14.3. The number of pyridine rings is 1. The Labute approximate surface area is 168 Å². The summed E-state index contributed by atoms with van der Waals surface area (Å²) in [5, 5.41) is 5.60. The normalized spacial score (nSPS) is 10.8. The van der Waals surface area contributed by atoms with Gasteiger partial charge in [-0.2, -0.15) is 0 Å². The van der Waals surface area contributed by atoms with Crippen LogP contribution >= 0.6 is 11.3 Å². The average Bonchev–Trinajstić information content (AvgIpc) is 3.30. The predicted molar refractivity (Wildman–Crippen MR) is 116 cm³/mol. The Kier molecular flexibility index (Phi) is 4.81. The number of terminal acetylenes is 1. The highest BCUT2D eigenvalue weighted by Crippen LogP contribution is 2.36. The number of hydrogen-bond donors (Lipinski definition) is 1. The van der Waals surface area contributed by atoms with Gasteiger partial charge in [-0.05, 0) is 60.7 Å². The third kappa shape index (κ3) is 3.23. The maximum absolute atomic E-state index is 5.72. The second kappa shape index (κ2) is 7.41. The SMILES string of the molecule is C#Cc1ccsc1-c1nc2cc(C)cc(C)n2c1NCc1cccc(OC)c1. The summed E-state index contributed by atoms with van der Waals surface area (Å²) in [4.78, 5) is 5.93. The van der Waals surface area contributed by atoms with Crippen LogP contribution in [0.1, 0.15) is 22.4 Å². The molecule has 0 aliphatic rings.